The summed E-state index contributed by atoms with van der Waals surface area (Å²) in [6.45, 7) is 12.6. The number of nitrogen functional groups attached to an aromatic ring is 1. The van der Waals surface area contributed by atoms with Gasteiger partial charge in [0.2, 0.25) is 11.8 Å². The second-order valence-electron chi connectivity index (χ2n) is 24.8. The van der Waals surface area contributed by atoms with Gasteiger partial charge in [0.05, 0.1) is 52.2 Å². The van der Waals surface area contributed by atoms with Crippen LogP contribution >= 0.6 is 11.3 Å². The third-order valence-electron chi connectivity index (χ3n) is 17.2. The molecule has 6 atom stereocenters. The Hall–Kier alpha value is -8.28. The number of rotatable bonds is 16. The lowest BCUT2D eigenvalue weighted by Crippen LogP contribution is -2.57. The molecule has 0 spiro atoms. The molecule has 4 aliphatic heterocycles. The number of likely N-dealkylation sites (tertiary alicyclic amines) is 2. The van der Waals surface area contributed by atoms with Crippen molar-refractivity contribution in [2.24, 2.45) is 11.8 Å². The van der Waals surface area contributed by atoms with Crippen LogP contribution in [0.5, 0.6) is 11.9 Å². The van der Waals surface area contributed by atoms with Gasteiger partial charge in [-0.3, -0.25) is 19.4 Å². The number of aliphatic hydroxyl groups is 1. The standard InChI is InChI=1S/C64H67F7N10O8S/c1-32(2)50(60(84)80-30-39(82)24-47(80)59(83)74-33(3)35-10-12-36(13-11-35)51-44(65)8-7-9-45(51)66)48-26-49(77-89-48)87-31-34-18-20-78(21-19-34)22-23-86-61-75-55-41(58(76-61)79-28-37-14-15-38(29-79)81(37)62(85)88-63(4,5)6)25-43(64(69,70)71)53(54(55)68)40-16-17-46(67)56-52(40)42(27-72)57(73)90-56/h7-13,16-17,25-26,32-34,37-39,47,50,82H,14-15,18-24,28-31,73H2,1-6H3,(H,74,83)/t33-,37?,38?,39+,47-,50+/m0/s1. The summed E-state index contributed by atoms with van der Waals surface area (Å²) in [6, 6.07) is 13.4. The zero-order valence-electron chi connectivity index (χ0n) is 50.2. The zero-order valence-corrected chi connectivity index (χ0v) is 51.0. The molecule has 7 aromatic rings. The van der Waals surface area contributed by atoms with Crippen LogP contribution in [0.2, 0.25) is 0 Å². The molecule has 4 aromatic carbocycles. The van der Waals surface area contributed by atoms with Gasteiger partial charge >= 0.3 is 18.3 Å². The first-order valence-electron chi connectivity index (χ1n) is 29.8. The van der Waals surface area contributed by atoms with Crippen LogP contribution in [0.3, 0.4) is 0 Å². The summed E-state index contributed by atoms with van der Waals surface area (Å²) in [5.41, 5.74) is 2.50. The van der Waals surface area contributed by atoms with Crippen molar-refractivity contribution < 1.29 is 69.0 Å². The maximum Gasteiger partial charge on any atom is 0.417 e. The number of aliphatic hydroxyl groups excluding tert-OH is 1. The monoisotopic (exact) mass is 1270 g/mol. The molecule has 2 unspecified atom stereocenters. The Labute approximate surface area is 517 Å². The highest BCUT2D eigenvalue weighted by Crippen LogP contribution is 2.49. The number of carbonyl (C=O) groups is 3. The number of hydrogen-bond donors (Lipinski definition) is 3. The summed E-state index contributed by atoms with van der Waals surface area (Å²) < 4.78 is 131. The van der Waals surface area contributed by atoms with E-state index in [1.165, 1.54) is 23.1 Å². The number of aromatic nitrogens is 3. The number of nitrogens with one attached hydrogen (secondary N) is 1. The smallest absolute Gasteiger partial charge is 0.417 e. The molecule has 3 amide bonds. The van der Waals surface area contributed by atoms with Crippen molar-refractivity contribution in [1.29, 1.82) is 5.26 Å². The molecule has 7 heterocycles. The van der Waals surface area contributed by atoms with Crippen molar-refractivity contribution in [3.8, 4) is 40.2 Å². The van der Waals surface area contributed by atoms with Crippen LogP contribution in [0.25, 0.3) is 43.2 Å². The van der Waals surface area contributed by atoms with Gasteiger partial charge in [0.25, 0.3) is 5.88 Å². The highest BCUT2D eigenvalue weighted by Gasteiger charge is 2.47. The fourth-order valence-corrected chi connectivity index (χ4v) is 13.8. The van der Waals surface area contributed by atoms with Gasteiger partial charge in [0.15, 0.2) is 11.6 Å². The summed E-state index contributed by atoms with van der Waals surface area (Å²) >= 11 is 0.663. The quantitative estimate of drug-likeness (QED) is 0.0765. The number of carbonyl (C=O) groups excluding carboxylic acids is 3. The minimum atomic E-state index is -5.17. The van der Waals surface area contributed by atoms with Crippen LogP contribution in [0.1, 0.15) is 108 Å². The molecule has 2 bridgehead atoms. The Morgan fingerprint density at radius 2 is 1.58 bits per heavy atom. The number of nitrogens with zero attached hydrogens (tertiary/aromatic N) is 8. The molecule has 0 radical (unpaired) electrons. The Balaban J connectivity index is 0.745. The van der Waals surface area contributed by atoms with Gasteiger partial charge in [-0.15, -0.1) is 11.3 Å². The zero-order chi connectivity index (χ0) is 64.2. The third kappa shape index (κ3) is 12.8. The number of anilines is 2. The molecule has 0 aliphatic carbocycles. The molecule has 90 heavy (non-hydrogen) atoms. The van der Waals surface area contributed by atoms with Crippen LogP contribution in [0.4, 0.5) is 46.3 Å². The summed E-state index contributed by atoms with van der Waals surface area (Å²) in [5.74, 6) is -5.39. The number of benzene rings is 4. The van der Waals surface area contributed by atoms with Crippen molar-refractivity contribution in [3.05, 3.63) is 112 Å². The van der Waals surface area contributed by atoms with E-state index >= 15 is 22.0 Å². The SMILES string of the molecule is CC(C)[C@@H](C(=O)N1C[C@H](O)C[C@H]1C(=O)N[C@@H](C)c1ccc(-c2c(F)cccc2F)cc1)c1cc(OCC2CCN(CCOc3nc(N4CC5CCC(C4)N5C(=O)OC(C)(C)C)c4cc(C(F)(F)F)c(-c5ccc(F)c6sc(N)c(C#N)c56)c(F)c4n3)CC2)no1. The van der Waals surface area contributed by atoms with Gasteiger partial charge in [-0.1, -0.05) is 50.2 Å². The predicted octanol–water partition coefficient (Wildman–Crippen LogP) is 11.5. The molecule has 0 saturated carbocycles. The molecular formula is C64H67F7N10O8S. The van der Waals surface area contributed by atoms with Crippen molar-refractivity contribution in [3.63, 3.8) is 0 Å². The largest absolute Gasteiger partial charge is 0.475 e. The topological polar surface area (TPSA) is 226 Å². The van der Waals surface area contributed by atoms with E-state index in [-0.39, 0.29) is 106 Å². The summed E-state index contributed by atoms with van der Waals surface area (Å²) in [7, 11) is 0. The number of β-amino-alcohol motifs (C(OH)–C–C–N with tert-alkyl or cyclic N) is 1. The number of piperazine rings is 1. The van der Waals surface area contributed by atoms with Crippen molar-refractivity contribution in [2.75, 3.05) is 63.1 Å². The highest BCUT2D eigenvalue weighted by molar-refractivity contribution is 7.23. The molecule has 11 rings (SSSR count). The lowest BCUT2D eigenvalue weighted by Gasteiger charge is -2.42. The van der Waals surface area contributed by atoms with E-state index in [2.05, 4.69) is 25.3 Å². The molecule has 476 valence electrons. The molecule has 4 N–H and O–H groups in total. The van der Waals surface area contributed by atoms with Crippen LogP contribution in [-0.4, -0.2) is 135 Å². The normalized spacial score (nSPS) is 19.8. The predicted molar refractivity (Wildman–Crippen MR) is 320 cm³/mol. The summed E-state index contributed by atoms with van der Waals surface area (Å²) in [4.78, 5) is 57.5. The number of alkyl halides is 3. The van der Waals surface area contributed by atoms with Crippen LogP contribution in [-0.2, 0) is 20.5 Å². The van der Waals surface area contributed by atoms with Gasteiger partial charge in [-0.05, 0) is 124 Å². The Kier molecular flexibility index (Phi) is 17.7. The van der Waals surface area contributed by atoms with E-state index in [0.29, 0.717) is 67.8 Å². The van der Waals surface area contributed by atoms with Gasteiger partial charge in [-0.25, -0.2) is 22.4 Å². The number of hydrogen-bond acceptors (Lipinski definition) is 16. The van der Waals surface area contributed by atoms with E-state index in [4.69, 9.17) is 24.5 Å². The second kappa shape index (κ2) is 25.2. The average Bonchev–Trinajstić information content (AvgIpc) is 1.13. The fourth-order valence-electron chi connectivity index (χ4n) is 12.8. The third-order valence-corrected chi connectivity index (χ3v) is 18.3. The number of amides is 3. The number of thiophene rings is 1. The average molecular weight is 1270 g/mol. The van der Waals surface area contributed by atoms with Gasteiger partial charge in [0, 0.05) is 55.0 Å². The maximum atomic E-state index is 17.6. The van der Waals surface area contributed by atoms with Crippen molar-refractivity contribution in [2.45, 2.75) is 122 Å². The fraction of sp³-hybridized carbons (Fsp3) is 0.453. The first-order chi connectivity index (χ1) is 42.8. The Morgan fingerprint density at radius 3 is 2.22 bits per heavy atom. The van der Waals surface area contributed by atoms with Gasteiger partial charge in [0.1, 0.15) is 64.0 Å². The van der Waals surface area contributed by atoms with E-state index in [9.17, 15) is 33.5 Å². The van der Waals surface area contributed by atoms with Crippen LogP contribution < -0.4 is 25.4 Å². The van der Waals surface area contributed by atoms with E-state index in [1.54, 1.807) is 67.8 Å². The molecule has 4 saturated heterocycles. The van der Waals surface area contributed by atoms with Crippen molar-refractivity contribution >= 4 is 61.1 Å². The minimum absolute atomic E-state index is 0.0000635. The van der Waals surface area contributed by atoms with Crippen molar-refractivity contribution in [1.82, 2.24) is 35.1 Å². The number of halogens is 7. The number of nitrogens with two attached hydrogens (primary N) is 1. The van der Waals surface area contributed by atoms with Gasteiger partial charge < -0.3 is 44.7 Å². The van der Waals surface area contributed by atoms with E-state index < -0.39 is 111 Å². The molecule has 26 heteroatoms. The molecule has 4 fully saturated rings. The lowest BCUT2D eigenvalue weighted by molar-refractivity contribution is -0.141. The lowest BCUT2D eigenvalue weighted by atomic mass is 9.91. The Bertz CT molecular complexity index is 3890. The second-order valence-corrected chi connectivity index (χ2v) is 25.9. The van der Waals surface area contributed by atoms with Crippen LogP contribution in [0.15, 0.2) is 71.3 Å². The minimum Gasteiger partial charge on any atom is -0.475 e. The first kappa shape index (κ1) is 63.3. The highest BCUT2D eigenvalue weighted by atomic mass is 32.1. The number of fused-ring (bicyclic) bond motifs is 4. The molecular weight excluding hydrogens is 1200 g/mol. The molecule has 4 aliphatic rings. The maximum absolute atomic E-state index is 17.6. The summed E-state index contributed by atoms with van der Waals surface area (Å²) in [6.07, 6.45) is -4.14. The van der Waals surface area contributed by atoms with Crippen LogP contribution in [0, 0.1) is 46.4 Å². The molecule has 18 nitrogen and oxygen atoms in total. The number of ether oxygens (including phenoxy) is 3. The van der Waals surface area contributed by atoms with Gasteiger partial charge in [-0.2, -0.15) is 28.4 Å². The van der Waals surface area contributed by atoms with E-state index in [1.807, 2.05) is 19.9 Å². The Morgan fingerprint density at radius 1 is 0.889 bits per heavy atom. The van der Waals surface area contributed by atoms with E-state index in [0.717, 1.165) is 18.2 Å². The summed E-state index contributed by atoms with van der Waals surface area (Å²) in [5, 5.41) is 27.2. The number of piperidine rings is 1. The molecule has 3 aromatic heterocycles. The first-order valence-corrected chi connectivity index (χ1v) is 30.6. The number of nitriles is 1.